The Morgan fingerprint density at radius 1 is 1.32 bits per heavy atom. The Morgan fingerprint density at radius 3 is 2.74 bits per heavy atom. The van der Waals surface area contributed by atoms with Gasteiger partial charge in [-0.25, -0.2) is 0 Å². The zero-order chi connectivity index (χ0) is 13.8. The van der Waals surface area contributed by atoms with Gasteiger partial charge < -0.3 is 14.4 Å². The van der Waals surface area contributed by atoms with E-state index in [2.05, 4.69) is 10.2 Å². The van der Waals surface area contributed by atoms with Gasteiger partial charge in [-0.05, 0) is 18.2 Å². The van der Waals surface area contributed by atoms with Crippen molar-refractivity contribution in [3.8, 4) is 11.4 Å². The van der Waals surface area contributed by atoms with Crippen LogP contribution in [-0.2, 0) is 17.9 Å². The van der Waals surface area contributed by atoms with Gasteiger partial charge in [0.1, 0.15) is 6.61 Å². The number of benzene rings is 1. The normalized spacial score (nSPS) is 10.9. The number of hydrogen-bond donors (Lipinski definition) is 1. The Kier molecular flexibility index (Phi) is 4.76. The molecule has 2 rings (SSSR count). The first-order chi connectivity index (χ1) is 9.17. The van der Waals surface area contributed by atoms with Gasteiger partial charge in [0.25, 0.3) is 0 Å². The molecule has 0 spiro atoms. The van der Waals surface area contributed by atoms with Crippen LogP contribution in [0.25, 0.3) is 11.4 Å². The van der Waals surface area contributed by atoms with Crippen LogP contribution in [-0.4, -0.2) is 33.6 Å². The number of aliphatic hydroxyl groups is 1. The Bertz CT molecular complexity index is 572. The van der Waals surface area contributed by atoms with Crippen LogP contribution in [0.2, 0.25) is 10.0 Å². The van der Waals surface area contributed by atoms with E-state index in [4.69, 9.17) is 27.9 Å². The van der Waals surface area contributed by atoms with Crippen molar-refractivity contribution >= 4 is 23.2 Å². The van der Waals surface area contributed by atoms with E-state index in [9.17, 15) is 5.11 Å². The highest BCUT2D eigenvalue weighted by Gasteiger charge is 2.15. The van der Waals surface area contributed by atoms with Crippen LogP contribution in [0.5, 0.6) is 0 Å². The van der Waals surface area contributed by atoms with Crippen molar-refractivity contribution in [3.63, 3.8) is 0 Å². The fourth-order valence-electron chi connectivity index (χ4n) is 1.74. The van der Waals surface area contributed by atoms with Gasteiger partial charge in [0, 0.05) is 24.2 Å². The van der Waals surface area contributed by atoms with Gasteiger partial charge in [0.2, 0.25) is 0 Å². The average molecular weight is 302 g/mol. The highest BCUT2D eigenvalue weighted by atomic mass is 35.5. The summed E-state index contributed by atoms with van der Waals surface area (Å²) in [5.41, 5.74) is 0.717. The van der Waals surface area contributed by atoms with Crippen LogP contribution in [0.4, 0.5) is 0 Å². The number of methoxy groups -OCH3 is 1. The minimum Gasteiger partial charge on any atom is -0.388 e. The van der Waals surface area contributed by atoms with Gasteiger partial charge in [-0.1, -0.05) is 23.2 Å². The van der Waals surface area contributed by atoms with Gasteiger partial charge in [-0.2, -0.15) is 0 Å². The molecular formula is C12H13Cl2N3O2. The van der Waals surface area contributed by atoms with Crippen LogP contribution in [0.3, 0.4) is 0 Å². The Balaban J connectivity index is 2.46. The Labute approximate surface area is 120 Å². The molecule has 0 fully saturated rings. The summed E-state index contributed by atoms with van der Waals surface area (Å²) in [5.74, 6) is 1.06. The molecule has 19 heavy (non-hydrogen) atoms. The predicted octanol–water partition coefficient (Wildman–Crippen LogP) is 2.39. The Morgan fingerprint density at radius 2 is 2.11 bits per heavy atom. The summed E-state index contributed by atoms with van der Waals surface area (Å²) >= 11 is 12.0. The quantitative estimate of drug-likeness (QED) is 0.921. The zero-order valence-corrected chi connectivity index (χ0v) is 11.8. The first kappa shape index (κ1) is 14.3. The van der Waals surface area contributed by atoms with Gasteiger partial charge in [0.15, 0.2) is 11.6 Å². The molecule has 0 unspecified atom stereocenters. The number of halogens is 2. The minimum absolute atomic E-state index is 0.193. The molecule has 0 bridgehead atoms. The molecule has 1 aromatic carbocycles. The number of nitrogens with zero attached hydrogens (tertiary/aromatic N) is 3. The summed E-state index contributed by atoms with van der Waals surface area (Å²) in [7, 11) is 1.61. The third-order valence-electron chi connectivity index (χ3n) is 2.66. The SMILES string of the molecule is COCCn1c(CO)nnc1-c1ccc(Cl)cc1Cl. The van der Waals surface area contributed by atoms with E-state index in [0.29, 0.717) is 34.8 Å². The second kappa shape index (κ2) is 6.34. The Hall–Kier alpha value is -1.14. The highest BCUT2D eigenvalue weighted by Crippen LogP contribution is 2.29. The molecule has 1 aromatic heterocycles. The summed E-state index contributed by atoms with van der Waals surface area (Å²) in [6.07, 6.45) is 0. The number of aliphatic hydroxyl groups excluding tert-OH is 1. The third kappa shape index (κ3) is 3.06. The largest absolute Gasteiger partial charge is 0.388 e. The van der Waals surface area contributed by atoms with E-state index >= 15 is 0 Å². The molecule has 5 nitrogen and oxygen atoms in total. The van der Waals surface area contributed by atoms with Crippen molar-refractivity contribution < 1.29 is 9.84 Å². The highest BCUT2D eigenvalue weighted by molar-refractivity contribution is 6.36. The van der Waals surface area contributed by atoms with Gasteiger partial charge in [-0.3, -0.25) is 0 Å². The monoisotopic (exact) mass is 301 g/mol. The van der Waals surface area contributed by atoms with Crippen LogP contribution < -0.4 is 0 Å². The molecule has 0 atom stereocenters. The van der Waals surface area contributed by atoms with Gasteiger partial charge >= 0.3 is 0 Å². The smallest absolute Gasteiger partial charge is 0.165 e. The van der Waals surface area contributed by atoms with Crippen LogP contribution in [0, 0.1) is 0 Å². The summed E-state index contributed by atoms with van der Waals surface area (Å²) in [4.78, 5) is 0. The standard InChI is InChI=1S/C12H13Cl2N3O2/c1-19-5-4-17-11(7-18)15-16-12(17)9-3-2-8(13)6-10(9)14/h2-3,6,18H,4-5,7H2,1H3. The lowest BCUT2D eigenvalue weighted by atomic mass is 10.2. The number of aromatic nitrogens is 3. The third-order valence-corrected chi connectivity index (χ3v) is 3.21. The minimum atomic E-state index is -0.193. The maximum Gasteiger partial charge on any atom is 0.165 e. The maximum absolute atomic E-state index is 9.27. The first-order valence-electron chi connectivity index (χ1n) is 5.64. The molecule has 0 aliphatic heterocycles. The van der Waals surface area contributed by atoms with E-state index in [1.807, 2.05) is 0 Å². The number of hydrogen-bond acceptors (Lipinski definition) is 4. The fraction of sp³-hybridized carbons (Fsp3) is 0.333. The van der Waals surface area contributed by atoms with Crippen molar-refractivity contribution in [1.82, 2.24) is 14.8 Å². The predicted molar refractivity (Wildman–Crippen MR) is 73.3 cm³/mol. The topological polar surface area (TPSA) is 60.2 Å². The van der Waals surface area contributed by atoms with E-state index in [-0.39, 0.29) is 6.61 Å². The van der Waals surface area contributed by atoms with E-state index in [1.54, 1.807) is 29.9 Å². The molecule has 0 radical (unpaired) electrons. The lowest BCUT2D eigenvalue weighted by Gasteiger charge is -2.10. The lowest BCUT2D eigenvalue weighted by Crippen LogP contribution is -2.10. The molecule has 2 aromatic rings. The second-order valence-electron chi connectivity index (χ2n) is 3.87. The molecule has 0 aliphatic carbocycles. The van der Waals surface area contributed by atoms with Crippen molar-refractivity contribution in [2.75, 3.05) is 13.7 Å². The van der Waals surface area contributed by atoms with Crippen molar-refractivity contribution in [2.45, 2.75) is 13.2 Å². The molecular weight excluding hydrogens is 289 g/mol. The first-order valence-corrected chi connectivity index (χ1v) is 6.40. The van der Waals surface area contributed by atoms with Crippen molar-refractivity contribution in [2.24, 2.45) is 0 Å². The fourth-order valence-corrected chi connectivity index (χ4v) is 2.23. The second-order valence-corrected chi connectivity index (χ2v) is 4.71. The summed E-state index contributed by atoms with van der Waals surface area (Å²) < 4.78 is 6.82. The number of rotatable bonds is 5. The molecule has 7 heteroatoms. The summed E-state index contributed by atoms with van der Waals surface area (Å²) in [6, 6.07) is 5.16. The van der Waals surface area contributed by atoms with Crippen LogP contribution in [0.15, 0.2) is 18.2 Å². The molecule has 0 aliphatic rings. The molecule has 1 N–H and O–H groups in total. The molecule has 0 saturated carbocycles. The van der Waals surface area contributed by atoms with Crippen molar-refractivity contribution in [3.05, 3.63) is 34.1 Å². The average Bonchev–Trinajstić information content (AvgIpc) is 2.79. The van der Waals surface area contributed by atoms with E-state index in [1.165, 1.54) is 0 Å². The maximum atomic E-state index is 9.27. The lowest BCUT2D eigenvalue weighted by molar-refractivity contribution is 0.183. The number of ether oxygens (including phenoxy) is 1. The van der Waals surface area contributed by atoms with Crippen LogP contribution >= 0.6 is 23.2 Å². The zero-order valence-electron chi connectivity index (χ0n) is 10.3. The van der Waals surface area contributed by atoms with E-state index in [0.717, 1.165) is 5.56 Å². The summed E-state index contributed by atoms with van der Waals surface area (Å²) in [5, 5.41) is 18.3. The van der Waals surface area contributed by atoms with Crippen LogP contribution in [0.1, 0.15) is 5.82 Å². The summed E-state index contributed by atoms with van der Waals surface area (Å²) in [6.45, 7) is 0.832. The molecule has 102 valence electrons. The van der Waals surface area contributed by atoms with E-state index < -0.39 is 0 Å². The van der Waals surface area contributed by atoms with Gasteiger partial charge in [0.05, 0.1) is 11.6 Å². The molecule has 0 amide bonds. The van der Waals surface area contributed by atoms with Crippen molar-refractivity contribution in [1.29, 1.82) is 0 Å². The molecule has 1 heterocycles. The van der Waals surface area contributed by atoms with Gasteiger partial charge in [-0.15, -0.1) is 10.2 Å². The molecule has 0 saturated heterocycles.